The average Bonchev–Trinajstić information content (AvgIpc) is 2.32. The van der Waals surface area contributed by atoms with Gasteiger partial charge >= 0.3 is 0 Å². The van der Waals surface area contributed by atoms with E-state index in [2.05, 4.69) is 5.32 Å². The predicted molar refractivity (Wildman–Crippen MR) is 76.2 cm³/mol. The molecular weight excluding hydrogens is 272 g/mol. The van der Waals surface area contributed by atoms with Crippen molar-refractivity contribution in [3.8, 4) is 0 Å². The first kappa shape index (κ1) is 15.1. The van der Waals surface area contributed by atoms with E-state index >= 15 is 0 Å². The molecule has 18 heavy (non-hydrogen) atoms. The molecule has 100 valence electrons. The van der Waals surface area contributed by atoms with Crippen LogP contribution in [0.15, 0.2) is 24.3 Å². The van der Waals surface area contributed by atoms with E-state index in [1.54, 1.807) is 24.3 Å². The Hall–Kier alpha value is -0.910. The second-order valence-corrected chi connectivity index (χ2v) is 6.20. The number of hydrogen-bond acceptors (Lipinski definition) is 3. The third kappa shape index (κ3) is 4.76. The Morgan fingerprint density at radius 2 is 2.17 bits per heavy atom. The van der Waals surface area contributed by atoms with Crippen molar-refractivity contribution in [3.63, 3.8) is 0 Å². The van der Waals surface area contributed by atoms with E-state index in [0.29, 0.717) is 23.7 Å². The minimum absolute atomic E-state index is 0.0353. The van der Waals surface area contributed by atoms with Gasteiger partial charge in [0, 0.05) is 16.0 Å². The van der Waals surface area contributed by atoms with Gasteiger partial charge in [0.15, 0.2) is 0 Å². The van der Waals surface area contributed by atoms with E-state index in [-0.39, 0.29) is 16.9 Å². The lowest BCUT2D eigenvalue weighted by atomic mass is 10.3. The molecular formula is C12H17ClN2O2S. The largest absolute Gasteiger partial charge is 0.330 e. The lowest BCUT2D eigenvalue weighted by Crippen LogP contribution is -2.26. The van der Waals surface area contributed by atoms with Gasteiger partial charge in [0.2, 0.25) is 5.91 Å². The molecule has 0 saturated carbocycles. The van der Waals surface area contributed by atoms with Crippen molar-refractivity contribution >= 4 is 34.0 Å². The molecule has 0 aliphatic rings. The number of para-hydroxylation sites is 1. The van der Waals surface area contributed by atoms with Crippen molar-refractivity contribution < 1.29 is 9.00 Å². The van der Waals surface area contributed by atoms with E-state index in [0.717, 1.165) is 0 Å². The summed E-state index contributed by atoms with van der Waals surface area (Å²) in [6, 6.07) is 6.94. The second-order valence-electron chi connectivity index (χ2n) is 3.94. The fourth-order valence-corrected chi connectivity index (χ4v) is 2.58. The molecule has 2 unspecified atom stereocenters. The normalized spacial score (nSPS) is 13.9. The van der Waals surface area contributed by atoms with Crippen LogP contribution in [0.5, 0.6) is 0 Å². The van der Waals surface area contributed by atoms with Crippen LogP contribution in [-0.4, -0.2) is 27.7 Å². The number of carbonyl (C=O) groups excluding carboxylic acids is 1. The molecule has 0 bridgehead atoms. The van der Waals surface area contributed by atoms with Gasteiger partial charge in [-0.3, -0.25) is 9.00 Å². The lowest BCUT2D eigenvalue weighted by Gasteiger charge is -2.10. The van der Waals surface area contributed by atoms with Gasteiger partial charge in [-0.25, -0.2) is 0 Å². The smallest absolute Gasteiger partial charge is 0.237 e. The highest BCUT2D eigenvalue weighted by molar-refractivity contribution is 7.86. The molecule has 1 aromatic carbocycles. The van der Waals surface area contributed by atoms with Crippen LogP contribution in [-0.2, 0) is 15.6 Å². The number of anilines is 1. The molecule has 0 radical (unpaired) electrons. The average molecular weight is 289 g/mol. The summed E-state index contributed by atoms with van der Waals surface area (Å²) < 4.78 is 11.8. The van der Waals surface area contributed by atoms with Crippen molar-refractivity contribution in [1.82, 2.24) is 0 Å². The van der Waals surface area contributed by atoms with Crippen LogP contribution in [0.4, 0.5) is 5.69 Å². The number of nitrogens with two attached hydrogens (primary N) is 1. The second kappa shape index (κ2) is 7.51. The quantitative estimate of drug-likeness (QED) is 0.838. The Morgan fingerprint density at radius 3 is 2.78 bits per heavy atom. The predicted octanol–water partition coefficient (Wildman–Crippen LogP) is 1.76. The van der Waals surface area contributed by atoms with Crippen LogP contribution in [0.1, 0.15) is 13.3 Å². The van der Waals surface area contributed by atoms with Crippen LogP contribution in [0.3, 0.4) is 0 Å². The molecule has 1 aromatic rings. The summed E-state index contributed by atoms with van der Waals surface area (Å²) in [5.74, 6) is -0.336. The number of nitrogens with one attached hydrogen (secondary N) is 1. The third-order valence-corrected chi connectivity index (χ3v) is 4.45. The zero-order valence-electron chi connectivity index (χ0n) is 10.2. The molecule has 4 nitrogen and oxygen atoms in total. The van der Waals surface area contributed by atoms with E-state index in [4.69, 9.17) is 17.3 Å². The number of rotatable bonds is 6. The first-order chi connectivity index (χ1) is 8.54. The van der Waals surface area contributed by atoms with Crippen molar-refractivity contribution in [1.29, 1.82) is 0 Å². The molecule has 0 fully saturated rings. The first-order valence-corrected chi connectivity index (χ1v) is 7.42. The summed E-state index contributed by atoms with van der Waals surface area (Å²) in [5.41, 5.74) is 5.92. The zero-order valence-corrected chi connectivity index (χ0v) is 11.8. The Morgan fingerprint density at radius 1 is 1.50 bits per heavy atom. The van der Waals surface area contributed by atoms with Gasteiger partial charge in [-0.2, -0.15) is 0 Å². The van der Waals surface area contributed by atoms with Crippen molar-refractivity contribution in [2.75, 3.05) is 17.6 Å². The minimum atomic E-state index is -1.21. The lowest BCUT2D eigenvalue weighted by molar-refractivity contribution is -0.113. The Bertz CT molecular complexity index is 440. The van der Waals surface area contributed by atoms with E-state index in [1.165, 1.54) is 0 Å². The van der Waals surface area contributed by atoms with Crippen LogP contribution in [0.25, 0.3) is 0 Å². The Kier molecular flexibility index (Phi) is 6.32. The fourth-order valence-electron chi connectivity index (χ4n) is 1.39. The molecule has 1 rings (SSSR count). The number of amides is 1. The van der Waals surface area contributed by atoms with Crippen molar-refractivity contribution in [2.24, 2.45) is 5.73 Å². The van der Waals surface area contributed by atoms with Crippen LogP contribution in [0.2, 0.25) is 5.02 Å². The maximum absolute atomic E-state index is 11.8. The SMILES string of the molecule is CC(CCN)S(=O)CC(=O)Nc1ccccc1Cl. The first-order valence-electron chi connectivity index (χ1n) is 5.66. The molecule has 0 aromatic heterocycles. The van der Waals surface area contributed by atoms with E-state index in [1.807, 2.05) is 6.92 Å². The number of benzene rings is 1. The van der Waals surface area contributed by atoms with Crippen LogP contribution >= 0.6 is 11.6 Å². The van der Waals surface area contributed by atoms with Gasteiger partial charge in [0.1, 0.15) is 5.75 Å². The van der Waals surface area contributed by atoms with Gasteiger partial charge in [-0.15, -0.1) is 0 Å². The summed E-state index contributed by atoms with van der Waals surface area (Å²) >= 11 is 5.91. The molecule has 0 saturated heterocycles. The van der Waals surface area contributed by atoms with Crippen LogP contribution < -0.4 is 11.1 Å². The fraction of sp³-hybridized carbons (Fsp3) is 0.417. The van der Waals surface area contributed by atoms with Crippen LogP contribution in [0, 0.1) is 0 Å². The molecule has 0 aliphatic heterocycles. The summed E-state index contributed by atoms with van der Waals surface area (Å²) in [5, 5.41) is 3.03. The number of halogens is 1. The standard InChI is InChI=1S/C12H17ClN2O2S/c1-9(6-7-14)18(17)8-12(16)15-11-5-3-2-4-10(11)13/h2-5,9H,6-8,14H2,1H3,(H,15,16). The molecule has 2 atom stereocenters. The zero-order chi connectivity index (χ0) is 13.5. The summed E-state index contributed by atoms with van der Waals surface area (Å²) in [6.07, 6.45) is 0.645. The van der Waals surface area contributed by atoms with Gasteiger partial charge < -0.3 is 11.1 Å². The van der Waals surface area contributed by atoms with E-state index < -0.39 is 10.8 Å². The Labute approximate surface area is 114 Å². The molecule has 0 aliphatic carbocycles. The highest BCUT2D eigenvalue weighted by atomic mass is 35.5. The van der Waals surface area contributed by atoms with Gasteiger partial charge in [-0.1, -0.05) is 30.7 Å². The van der Waals surface area contributed by atoms with Gasteiger partial charge in [-0.05, 0) is 25.1 Å². The number of carbonyl (C=O) groups is 1. The molecule has 0 heterocycles. The molecule has 1 amide bonds. The maximum atomic E-state index is 11.8. The topological polar surface area (TPSA) is 72.2 Å². The summed E-state index contributed by atoms with van der Waals surface area (Å²) in [6.45, 7) is 2.30. The van der Waals surface area contributed by atoms with Gasteiger partial charge in [0.05, 0.1) is 10.7 Å². The Balaban J connectivity index is 2.52. The molecule has 3 N–H and O–H groups in total. The minimum Gasteiger partial charge on any atom is -0.330 e. The third-order valence-electron chi connectivity index (χ3n) is 2.44. The highest BCUT2D eigenvalue weighted by Crippen LogP contribution is 2.20. The maximum Gasteiger partial charge on any atom is 0.237 e. The molecule has 6 heteroatoms. The highest BCUT2D eigenvalue weighted by Gasteiger charge is 2.15. The van der Waals surface area contributed by atoms with Crippen molar-refractivity contribution in [2.45, 2.75) is 18.6 Å². The number of hydrogen-bond donors (Lipinski definition) is 2. The van der Waals surface area contributed by atoms with Gasteiger partial charge in [0.25, 0.3) is 0 Å². The summed E-state index contributed by atoms with van der Waals surface area (Å²) in [7, 11) is -1.21. The monoisotopic (exact) mass is 288 g/mol. The van der Waals surface area contributed by atoms with Crippen molar-refractivity contribution in [3.05, 3.63) is 29.3 Å². The summed E-state index contributed by atoms with van der Waals surface area (Å²) in [4.78, 5) is 11.7. The van der Waals surface area contributed by atoms with E-state index in [9.17, 15) is 9.00 Å². The molecule has 0 spiro atoms.